The number of hydrogen-bond donors (Lipinski definition) is 1. The number of para-hydroxylation sites is 2. The lowest BCUT2D eigenvalue weighted by atomic mass is 10.1. The van der Waals surface area contributed by atoms with Gasteiger partial charge in [0.15, 0.2) is 11.5 Å². The number of nitrogens with zero attached hydrogens (tertiary/aromatic N) is 1. The Bertz CT molecular complexity index is 1430. The van der Waals surface area contributed by atoms with Crippen molar-refractivity contribution in [3.8, 4) is 17.2 Å². The lowest BCUT2D eigenvalue weighted by Gasteiger charge is -2.14. The molecule has 1 N–H and O–H groups in total. The van der Waals surface area contributed by atoms with Crippen molar-refractivity contribution in [1.29, 1.82) is 0 Å². The number of imide groups is 1. The minimum atomic E-state index is -0.586. The van der Waals surface area contributed by atoms with Crippen LogP contribution in [0.25, 0.3) is 6.08 Å². The Morgan fingerprint density at radius 2 is 1.82 bits per heavy atom. The van der Waals surface area contributed by atoms with Crippen molar-refractivity contribution in [2.75, 3.05) is 26.1 Å². The van der Waals surface area contributed by atoms with Crippen LogP contribution in [0, 0.1) is 5.82 Å². The fraction of sp³-hybridized carbons (Fsp3) is 0.148. The monoisotopic (exact) mass is 600 g/mol. The molecule has 4 rings (SSSR count). The van der Waals surface area contributed by atoms with E-state index in [0.717, 1.165) is 16.7 Å². The molecule has 3 aromatic carbocycles. The first-order valence-electron chi connectivity index (χ1n) is 11.2. The number of benzene rings is 3. The Balaban J connectivity index is 1.47. The molecule has 0 aliphatic carbocycles. The minimum Gasteiger partial charge on any atom is -0.495 e. The number of rotatable bonds is 9. The van der Waals surface area contributed by atoms with Crippen molar-refractivity contribution in [1.82, 2.24) is 4.90 Å². The van der Waals surface area contributed by atoms with E-state index in [4.69, 9.17) is 14.2 Å². The number of anilines is 1. The average Bonchev–Trinajstić information content (AvgIpc) is 3.15. The van der Waals surface area contributed by atoms with Gasteiger partial charge in [-0.05, 0) is 81.3 Å². The predicted molar refractivity (Wildman–Crippen MR) is 146 cm³/mol. The molecule has 1 fully saturated rings. The molecular formula is C27H22BrFN2O6S. The molecule has 1 saturated heterocycles. The van der Waals surface area contributed by atoms with Gasteiger partial charge in [-0.1, -0.05) is 24.3 Å². The second-order valence-electron chi connectivity index (χ2n) is 7.97. The van der Waals surface area contributed by atoms with Gasteiger partial charge in [0.05, 0.1) is 29.3 Å². The van der Waals surface area contributed by atoms with Crippen molar-refractivity contribution in [3.63, 3.8) is 0 Å². The number of hydrogen-bond acceptors (Lipinski definition) is 7. The van der Waals surface area contributed by atoms with Gasteiger partial charge in [-0.2, -0.15) is 0 Å². The minimum absolute atomic E-state index is 0.113. The molecule has 0 radical (unpaired) electrons. The van der Waals surface area contributed by atoms with E-state index in [0.29, 0.717) is 38.5 Å². The molecule has 0 saturated carbocycles. The molecule has 0 aromatic heterocycles. The van der Waals surface area contributed by atoms with E-state index in [-0.39, 0.29) is 17.3 Å². The van der Waals surface area contributed by atoms with Crippen molar-refractivity contribution in [2.24, 2.45) is 0 Å². The van der Waals surface area contributed by atoms with Crippen LogP contribution >= 0.6 is 27.7 Å². The molecule has 0 unspecified atom stereocenters. The number of nitrogens with one attached hydrogen (secondary N) is 1. The summed E-state index contributed by atoms with van der Waals surface area (Å²) >= 11 is 4.19. The standard InChI is InChI=1S/C27H22BrFN2O6S/c1-35-21-9-4-3-8-20(21)30-24(32)14-31-26(33)23(38-27(31)34)13-17-11-19(28)25(22(12-17)36-2)37-15-16-6-5-7-18(29)10-16/h3-13H,14-15H2,1-2H3,(H,30,32)/b23-13+. The normalized spacial score (nSPS) is 14.1. The Hall–Kier alpha value is -3.83. The van der Waals surface area contributed by atoms with Crippen LogP contribution < -0.4 is 19.5 Å². The van der Waals surface area contributed by atoms with E-state index in [1.807, 2.05) is 0 Å². The van der Waals surface area contributed by atoms with Gasteiger partial charge in [-0.3, -0.25) is 19.3 Å². The van der Waals surface area contributed by atoms with Crippen molar-refractivity contribution >= 4 is 56.5 Å². The summed E-state index contributed by atoms with van der Waals surface area (Å²) in [5.74, 6) is -0.261. The fourth-order valence-corrected chi connectivity index (χ4v) is 5.03. The summed E-state index contributed by atoms with van der Waals surface area (Å²) in [7, 11) is 2.94. The van der Waals surface area contributed by atoms with E-state index in [1.54, 1.807) is 48.5 Å². The number of carbonyl (C=O) groups is 3. The second-order valence-corrected chi connectivity index (χ2v) is 9.82. The zero-order valence-electron chi connectivity index (χ0n) is 20.3. The van der Waals surface area contributed by atoms with Gasteiger partial charge in [0.2, 0.25) is 5.91 Å². The van der Waals surface area contributed by atoms with E-state index in [2.05, 4.69) is 21.2 Å². The highest BCUT2D eigenvalue weighted by Crippen LogP contribution is 2.39. The SMILES string of the molecule is COc1ccccc1NC(=O)CN1C(=O)S/C(=C/c2cc(Br)c(OCc3cccc(F)c3)c(OC)c2)C1=O. The maximum atomic E-state index is 13.5. The van der Waals surface area contributed by atoms with Crippen molar-refractivity contribution in [2.45, 2.75) is 6.61 Å². The topological polar surface area (TPSA) is 94.2 Å². The number of methoxy groups -OCH3 is 2. The third-order valence-electron chi connectivity index (χ3n) is 5.38. The van der Waals surface area contributed by atoms with Gasteiger partial charge >= 0.3 is 0 Å². The molecular weight excluding hydrogens is 579 g/mol. The lowest BCUT2D eigenvalue weighted by Crippen LogP contribution is -2.36. The largest absolute Gasteiger partial charge is 0.495 e. The van der Waals surface area contributed by atoms with Gasteiger partial charge in [0.1, 0.15) is 24.7 Å². The Morgan fingerprint density at radius 1 is 1.05 bits per heavy atom. The van der Waals surface area contributed by atoms with Crippen molar-refractivity contribution < 1.29 is 33.0 Å². The van der Waals surface area contributed by atoms with E-state index in [9.17, 15) is 18.8 Å². The zero-order valence-corrected chi connectivity index (χ0v) is 22.7. The Labute approximate surface area is 230 Å². The van der Waals surface area contributed by atoms with Gasteiger partial charge in [-0.15, -0.1) is 0 Å². The van der Waals surface area contributed by atoms with Crippen LogP contribution in [0.1, 0.15) is 11.1 Å². The van der Waals surface area contributed by atoms with Crippen molar-refractivity contribution in [3.05, 3.63) is 87.0 Å². The summed E-state index contributed by atoms with van der Waals surface area (Å²) in [4.78, 5) is 39.0. The highest BCUT2D eigenvalue weighted by Gasteiger charge is 2.36. The molecule has 3 aromatic rings. The van der Waals surface area contributed by atoms with Crippen LogP contribution in [0.4, 0.5) is 14.9 Å². The average molecular weight is 601 g/mol. The van der Waals surface area contributed by atoms with E-state index >= 15 is 0 Å². The van der Waals surface area contributed by atoms with Gasteiger partial charge < -0.3 is 19.5 Å². The Morgan fingerprint density at radius 3 is 2.55 bits per heavy atom. The third kappa shape index (κ3) is 6.35. The molecule has 1 aliphatic heterocycles. The highest BCUT2D eigenvalue weighted by molar-refractivity contribution is 9.10. The molecule has 3 amide bonds. The molecule has 0 atom stereocenters. The molecule has 0 spiro atoms. The summed E-state index contributed by atoms with van der Waals surface area (Å²) < 4.78 is 30.5. The number of ether oxygens (including phenoxy) is 3. The summed E-state index contributed by atoms with van der Waals surface area (Å²) in [6, 6.07) is 16.2. The summed E-state index contributed by atoms with van der Waals surface area (Å²) in [5, 5.41) is 2.10. The summed E-state index contributed by atoms with van der Waals surface area (Å²) in [5.41, 5.74) is 1.64. The lowest BCUT2D eigenvalue weighted by molar-refractivity contribution is -0.127. The number of thioether (sulfide) groups is 1. The van der Waals surface area contributed by atoms with E-state index < -0.39 is 23.6 Å². The van der Waals surface area contributed by atoms with E-state index in [1.165, 1.54) is 32.4 Å². The fourth-order valence-electron chi connectivity index (χ4n) is 3.61. The van der Waals surface area contributed by atoms with Crippen LogP contribution in [0.3, 0.4) is 0 Å². The van der Waals surface area contributed by atoms with Gasteiger partial charge in [0, 0.05) is 0 Å². The first kappa shape index (κ1) is 27.2. The first-order chi connectivity index (χ1) is 18.3. The molecule has 8 nitrogen and oxygen atoms in total. The molecule has 38 heavy (non-hydrogen) atoms. The number of halogens is 2. The van der Waals surface area contributed by atoms with Crippen LogP contribution in [0.2, 0.25) is 0 Å². The molecule has 1 aliphatic rings. The second kappa shape index (κ2) is 12.1. The molecule has 0 bridgehead atoms. The van der Waals surface area contributed by atoms with Gasteiger partial charge in [-0.25, -0.2) is 4.39 Å². The van der Waals surface area contributed by atoms with Crippen LogP contribution in [-0.2, 0) is 16.2 Å². The zero-order chi connectivity index (χ0) is 27.2. The highest BCUT2D eigenvalue weighted by atomic mass is 79.9. The maximum absolute atomic E-state index is 13.5. The summed E-state index contributed by atoms with van der Waals surface area (Å²) in [6.07, 6.45) is 1.53. The smallest absolute Gasteiger partial charge is 0.294 e. The van der Waals surface area contributed by atoms with Crippen LogP contribution in [0.5, 0.6) is 17.2 Å². The van der Waals surface area contributed by atoms with Crippen LogP contribution in [-0.4, -0.2) is 42.7 Å². The first-order valence-corrected chi connectivity index (χ1v) is 12.8. The predicted octanol–water partition coefficient (Wildman–Crippen LogP) is 5.86. The third-order valence-corrected chi connectivity index (χ3v) is 6.87. The number of carbonyl (C=O) groups excluding carboxylic acids is 3. The number of amides is 3. The molecule has 196 valence electrons. The molecule has 1 heterocycles. The maximum Gasteiger partial charge on any atom is 0.294 e. The molecule has 11 heteroatoms. The van der Waals surface area contributed by atoms with Crippen LogP contribution in [0.15, 0.2) is 70.0 Å². The quantitative estimate of drug-likeness (QED) is 0.307. The Kier molecular flexibility index (Phi) is 8.70. The van der Waals surface area contributed by atoms with Gasteiger partial charge in [0.25, 0.3) is 11.1 Å². The summed E-state index contributed by atoms with van der Waals surface area (Å²) in [6.45, 7) is -0.332.